The van der Waals surface area contributed by atoms with E-state index in [1.54, 1.807) is 0 Å². The zero-order valence-electron chi connectivity index (χ0n) is 17.8. The predicted octanol–water partition coefficient (Wildman–Crippen LogP) is -0.743. The molecule has 0 saturated carbocycles. The molecule has 34 heavy (non-hydrogen) atoms. The summed E-state index contributed by atoms with van der Waals surface area (Å²) >= 11 is 0. The van der Waals surface area contributed by atoms with Gasteiger partial charge in [0.2, 0.25) is 0 Å². The Morgan fingerprint density at radius 2 is 1.71 bits per heavy atom. The minimum atomic E-state index is -3.01. The van der Waals surface area contributed by atoms with E-state index in [0.29, 0.717) is 5.56 Å². The molecule has 0 radical (unpaired) electrons. The fraction of sp³-hybridized carbons (Fsp3) is 0.348. The molecule has 2 aromatic rings. The number of ketones is 1. The number of hydrogen-bond donors (Lipinski definition) is 9. The van der Waals surface area contributed by atoms with Crippen LogP contribution in [0.1, 0.15) is 17.5 Å². The summed E-state index contributed by atoms with van der Waals surface area (Å²) in [4.78, 5) is 12.9. The second-order valence-corrected chi connectivity index (χ2v) is 8.09. The molecule has 1 fully saturated rings. The van der Waals surface area contributed by atoms with E-state index in [4.69, 9.17) is 4.74 Å². The van der Waals surface area contributed by atoms with Crippen molar-refractivity contribution in [1.29, 1.82) is 0 Å². The first-order valence-corrected chi connectivity index (χ1v) is 10.3. The molecule has 11 heteroatoms. The first-order valence-electron chi connectivity index (χ1n) is 10.3. The Hall–Kier alpha value is -3.19. The molecule has 0 spiro atoms. The summed E-state index contributed by atoms with van der Waals surface area (Å²) in [6.07, 6.45) is -4.91. The van der Waals surface area contributed by atoms with E-state index in [-0.39, 0.29) is 17.7 Å². The zero-order valence-corrected chi connectivity index (χ0v) is 17.8. The Morgan fingerprint density at radius 3 is 2.35 bits per heavy atom. The molecular formula is C23H26O11. The molecule has 9 N–H and O–H groups in total. The lowest BCUT2D eigenvalue weighted by Gasteiger charge is -2.50. The highest BCUT2D eigenvalue weighted by molar-refractivity contribution is 6.01. The smallest absolute Gasteiger partial charge is 0.196 e. The fourth-order valence-corrected chi connectivity index (χ4v) is 3.82. The van der Waals surface area contributed by atoms with Gasteiger partial charge in [-0.2, -0.15) is 0 Å². The van der Waals surface area contributed by atoms with Crippen LogP contribution in [0.5, 0.6) is 23.0 Å². The molecular weight excluding hydrogens is 452 g/mol. The normalized spacial score (nSPS) is 29.4. The monoisotopic (exact) mass is 478 g/mol. The van der Waals surface area contributed by atoms with Crippen molar-refractivity contribution in [2.24, 2.45) is 0 Å². The minimum absolute atomic E-state index is 0.00547. The number of ether oxygens (including phenoxy) is 1. The average molecular weight is 478 g/mol. The largest absolute Gasteiger partial charge is 0.504 e. The van der Waals surface area contributed by atoms with Gasteiger partial charge in [0.05, 0.1) is 6.61 Å². The maximum absolute atomic E-state index is 12.9. The third-order valence-electron chi connectivity index (χ3n) is 5.85. The van der Waals surface area contributed by atoms with Crippen LogP contribution in [0.15, 0.2) is 42.5 Å². The number of carbonyl (C=O) groups excluding carboxylic acids is 1. The van der Waals surface area contributed by atoms with Gasteiger partial charge in [-0.25, -0.2) is 0 Å². The van der Waals surface area contributed by atoms with Crippen LogP contribution in [0.4, 0.5) is 0 Å². The molecule has 0 aromatic heterocycles. The molecule has 1 heterocycles. The van der Waals surface area contributed by atoms with Gasteiger partial charge in [0.15, 0.2) is 40.2 Å². The number of phenolic OH excluding ortho intramolecular Hbond substituents is 4. The highest BCUT2D eigenvalue weighted by atomic mass is 16.7. The number of carbonyl (C=O) groups is 1. The number of aliphatic hydroxyl groups excluding tert-OH is 3. The Morgan fingerprint density at radius 1 is 1.00 bits per heavy atom. The molecule has 184 valence electrons. The summed E-state index contributed by atoms with van der Waals surface area (Å²) in [6.45, 7) is -0.914. The number of benzene rings is 2. The molecule has 5 atom stereocenters. The van der Waals surface area contributed by atoms with Gasteiger partial charge in [0.1, 0.15) is 18.3 Å². The van der Waals surface area contributed by atoms with Gasteiger partial charge >= 0.3 is 0 Å². The van der Waals surface area contributed by atoms with E-state index in [9.17, 15) is 50.8 Å². The molecule has 3 rings (SSSR count). The van der Waals surface area contributed by atoms with E-state index in [1.807, 2.05) is 0 Å². The zero-order chi connectivity index (χ0) is 25.3. The van der Waals surface area contributed by atoms with E-state index in [0.717, 1.165) is 12.2 Å². The lowest BCUT2D eigenvalue weighted by Crippen LogP contribution is -2.74. The van der Waals surface area contributed by atoms with Crippen LogP contribution in [0.25, 0.3) is 6.08 Å². The summed E-state index contributed by atoms with van der Waals surface area (Å²) < 4.78 is 5.25. The van der Waals surface area contributed by atoms with E-state index in [1.165, 1.54) is 36.4 Å². The molecule has 1 unspecified atom stereocenters. The number of aromatic hydroxyl groups is 4. The Kier molecular flexibility index (Phi) is 7.17. The van der Waals surface area contributed by atoms with Gasteiger partial charge in [-0.15, -0.1) is 0 Å². The molecule has 0 amide bonds. The van der Waals surface area contributed by atoms with Gasteiger partial charge in [-0.1, -0.05) is 18.2 Å². The molecule has 11 nitrogen and oxygen atoms in total. The summed E-state index contributed by atoms with van der Waals surface area (Å²) in [7, 11) is 0. The van der Waals surface area contributed by atoms with Crippen molar-refractivity contribution in [3.63, 3.8) is 0 Å². The van der Waals surface area contributed by atoms with Crippen molar-refractivity contribution in [2.75, 3.05) is 6.61 Å². The van der Waals surface area contributed by atoms with Crippen LogP contribution < -0.4 is 0 Å². The van der Waals surface area contributed by atoms with Crippen molar-refractivity contribution in [3.8, 4) is 23.0 Å². The van der Waals surface area contributed by atoms with Gasteiger partial charge in [-0.05, 0) is 42.3 Å². The highest BCUT2D eigenvalue weighted by Gasteiger charge is 2.64. The van der Waals surface area contributed by atoms with Gasteiger partial charge in [0.25, 0.3) is 0 Å². The van der Waals surface area contributed by atoms with Gasteiger partial charge in [-0.3, -0.25) is 4.79 Å². The lowest BCUT2D eigenvalue weighted by molar-refractivity contribution is -0.367. The lowest BCUT2D eigenvalue weighted by atomic mass is 9.75. The van der Waals surface area contributed by atoms with Crippen LogP contribution in [-0.2, 0) is 16.0 Å². The number of aliphatic hydroxyl groups is 5. The Balaban J connectivity index is 1.89. The van der Waals surface area contributed by atoms with Crippen LogP contribution in [0.2, 0.25) is 0 Å². The van der Waals surface area contributed by atoms with Gasteiger partial charge < -0.3 is 50.7 Å². The molecule has 1 aliphatic heterocycles. The second-order valence-electron chi connectivity index (χ2n) is 8.09. The summed E-state index contributed by atoms with van der Waals surface area (Å²) in [6, 6.07) is 7.76. The molecule has 1 aliphatic rings. The minimum Gasteiger partial charge on any atom is -0.504 e. The van der Waals surface area contributed by atoms with E-state index >= 15 is 0 Å². The Bertz CT molecular complexity index is 1080. The quantitative estimate of drug-likeness (QED) is 0.179. The van der Waals surface area contributed by atoms with Crippen LogP contribution >= 0.6 is 0 Å². The van der Waals surface area contributed by atoms with E-state index in [2.05, 4.69) is 0 Å². The van der Waals surface area contributed by atoms with Crippen molar-refractivity contribution < 1.29 is 55.5 Å². The predicted molar refractivity (Wildman–Crippen MR) is 116 cm³/mol. The summed E-state index contributed by atoms with van der Waals surface area (Å²) in [5.74, 6) is -5.68. The maximum atomic E-state index is 12.9. The standard InChI is InChI=1S/C23H26O11/c24-11-17-20(30)23(33,18(28)7-5-13-2-1-3-15(26)19(13)29)21(31)22(32,34-17)9-8-12-4-6-14(25)16(27)10-12/h1-7,10,17,20-21,24-27,29-33H,8-9,11H2/b7-5+/t17-,20+,21+,22?,23+/m1/s1. The van der Waals surface area contributed by atoms with Gasteiger partial charge in [0, 0.05) is 12.0 Å². The Labute approximate surface area is 193 Å². The molecule has 0 aliphatic carbocycles. The van der Waals surface area contributed by atoms with Crippen molar-refractivity contribution in [3.05, 3.63) is 53.6 Å². The summed E-state index contributed by atoms with van der Waals surface area (Å²) in [5.41, 5.74) is -2.62. The maximum Gasteiger partial charge on any atom is 0.196 e. The number of hydrogen-bond acceptors (Lipinski definition) is 11. The fourth-order valence-electron chi connectivity index (χ4n) is 3.82. The van der Waals surface area contributed by atoms with E-state index < -0.39 is 65.8 Å². The molecule has 2 aromatic carbocycles. The second kappa shape index (κ2) is 9.58. The van der Waals surface area contributed by atoms with Crippen molar-refractivity contribution in [1.82, 2.24) is 0 Å². The number of aryl methyl sites for hydroxylation is 1. The van der Waals surface area contributed by atoms with Crippen LogP contribution in [0.3, 0.4) is 0 Å². The first-order chi connectivity index (χ1) is 15.9. The van der Waals surface area contributed by atoms with Crippen LogP contribution in [0, 0.1) is 0 Å². The summed E-state index contributed by atoms with van der Waals surface area (Å²) in [5, 5.41) is 91.4. The average Bonchev–Trinajstić information content (AvgIpc) is 2.81. The SMILES string of the molecule is O=C(/C=C/c1cccc(O)c1O)[C@]1(O)[C@@H](O)[C@@H](CO)OC(O)(CCc2ccc(O)c(O)c2)[C@@H]1O. The first kappa shape index (κ1) is 25.4. The van der Waals surface area contributed by atoms with Crippen LogP contribution in [-0.4, -0.2) is 88.0 Å². The third-order valence-corrected chi connectivity index (χ3v) is 5.85. The number of rotatable bonds is 7. The highest BCUT2D eigenvalue weighted by Crippen LogP contribution is 2.39. The van der Waals surface area contributed by atoms with Crippen molar-refractivity contribution in [2.45, 2.75) is 42.5 Å². The number of para-hydroxylation sites is 1. The number of phenols is 4. The molecule has 0 bridgehead atoms. The topological polar surface area (TPSA) is 208 Å². The van der Waals surface area contributed by atoms with Crippen molar-refractivity contribution >= 4 is 11.9 Å². The third kappa shape index (κ3) is 4.57. The molecule has 1 saturated heterocycles.